The quantitative estimate of drug-likeness (QED) is 0.173. The Morgan fingerprint density at radius 1 is 0.333 bits per heavy atom. The van der Waals surface area contributed by atoms with E-state index < -0.39 is 0 Å². The molecule has 0 heterocycles. The van der Waals surface area contributed by atoms with Gasteiger partial charge in [-0.3, -0.25) is 0 Å². The van der Waals surface area contributed by atoms with Crippen molar-refractivity contribution in [2.24, 2.45) is 0 Å². The van der Waals surface area contributed by atoms with E-state index in [-0.39, 0.29) is 0 Å². The van der Waals surface area contributed by atoms with Crippen LogP contribution in [0.4, 0.5) is 22.7 Å². The van der Waals surface area contributed by atoms with E-state index in [1.165, 1.54) is 0 Å². The van der Waals surface area contributed by atoms with Crippen molar-refractivity contribution in [3.63, 3.8) is 0 Å². The van der Waals surface area contributed by atoms with Crippen LogP contribution in [0, 0.1) is 0 Å². The van der Waals surface area contributed by atoms with Crippen LogP contribution in [0.2, 0.25) is 0 Å². The molecule has 0 saturated heterocycles. The van der Waals surface area contributed by atoms with Gasteiger partial charge in [0.05, 0.1) is 22.7 Å². The maximum atomic E-state index is 6.20. The van der Waals surface area contributed by atoms with Crippen molar-refractivity contribution in [1.82, 2.24) is 0 Å². The molecule has 0 unspecified atom stereocenters. The highest BCUT2D eigenvalue weighted by Crippen LogP contribution is 2.36. The third-order valence-electron chi connectivity index (χ3n) is 6.13. The average Bonchev–Trinajstić information content (AvgIpc) is 2.96. The van der Waals surface area contributed by atoms with Gasteiger partial charge in [-0.2, -0.15) is 10.1 Å². The number of benzene rings is 6. The molecule has 6 aromatic carbocycles. The number of fused-ring (bicyclic) bond motifs is 2. The van der Waals surface area contributed by atoms with Gasteiger partial charge in [0.2, 0.25) is 0 Å². The molecule has 0 spiro atoms. The Hall–Kier alpha value is -4.64. The minimum absolute atomic E-state index is 0.847. The summed E-state index contributed by atoms with van der Waals surface area (Å²) in [5, 5.41) is 7.81. The molecule has 0 aromatic heterocycles. The molecule has 0 aliphatic rings. The van der Waals surface area contributed by atoms with Crippen LogP contribution >= 0.6 is 0 Å². The Balaban J connectivity index is 1.44. The van der Waals surface area contributed by atoms with Gasteiger partial charge < -0.3 is 0 Å². The lowest BCUT2D eigenvalue weighted by molar-refractivity contribution is -0.297. The van der Waals surface area contributed by atoms with E-state index in [0.717, 1.165) is 44.3 Å². The molecular formula is C32H24N2O2. The van der Waals surface area contributed by atoms with E-state index >= 15 is 0 Å². The summed E-state index contributed by atoms with van der Waals surface area (Å²) in [5.41, 5.74) is 3.45. The molecular weight excluding hydrogens is 444 g/mol. The summed E-state index contributed by atoms with van der Waals surface area (Å²) >= 11 is 0. The van der Waals surface area contributed by atoms with E-state index in [9.17, 15) is 0 Å². The number of para-hydroxylation sites is 2. The minimum Gasteiger partial charge on any atom is -0.188 e. The molecule has 36 heavy (non-hydrogen) atoms. The van der Waals surface area contributed by atoms with E-state index in [2.05, 4.69) is 36.4 Å². The van der Waals surface area contributed by atoms with E-state index in [1.54, 1.807) is 10.1 Å². The van der Waals surface area contributed by atoms with Crippen LogP contribution in [0.1, 0.15) is 0 Å². The fourth-order valence-corrected chi connectivity index (χ4v) is 4.41. The van der Waals surface area contributed by atoms with Crippen LogP contribution in [-0.4, -0.2) is 0 Å². The molecule has 0 bridgehead atoms. The van der Waals surface area contributed by atoms with Gasteiger partial charge in [-0.05, 0) is 47.2 Å². The Morgan fingerprint density at radius 3 is 1.14 bits per heavy atom. The van der Waals surface area contributed by atoms with Crippen LogP contribution in [-0.2, 0) is 9.98 Å². The van der Waals surface area contributed by atoms with E-state index in [1.807, 2.05) is 109 Å². The van der Waals surface area contributed by atoms with Crippen LogP contribution in [0.15, 0.2) is 146 Å². The third-order valence-corrected chi connectivity index (χ3v) is 6.13. The van der Waals surface area contributed by atoms with Crippen molar-refractivity contribution in [1.29, 1.82) is 0 Å². The minimum atomic E-state index is 0.847. The summed E-state index contributed by atoms with van der Waals surface area (Å²) in [4.78, 5) is 12.4. The van der Waals surface area contributed by atoms with Crippen LogP contribution in [0.25, 0.3) is 21.5 Å². The maximum absolute atomic E-state index is 6.20. The van der Waals surface area contributed by atoms with Gasteiger partial charge in [0.15, 0.2) is 0 Å². The highest BCUT2D eigenvalue weighted by atomic mass is 17.3. The lowest BCUT2D eigenvalue weighted by atomic mass is 10.1. The monoisotopic (exact) mass is 468 g/mol. The van der Waals surface area contributed by atoms with Gasteiger partial charge in [-0.1, -0.05) is 119 Å². The van der Waals surface area contributed by atoms with Crippen molar-refractivity contribution in [2.45, 2.75) is 0 Å². The van der Waals surface area contributed by atoms with Gasteiger partial charge in [-0.25, -0.2) is 0 Å². The number of rotatable bonds is 7. The molecule has 0 radical (unpaired) electrons. The number of anilines is 4. The Labute approximate surface area is 210 Å². The molecule has 4 heteroatoms. The second-order valence-electron chi connectivity index (χ2n) is 8.41. The summed E-state index contributed by atoms with van der Waals surface area (Å²) in [6.45, 7) is 0. The smallest absolute Gasteiger partial charge is 0.0805 e. The lowest BCUT2D eigenvalue weighted by Crippen LogP contribution is -2.26. The molecule has 174 valence electrons. The average molecular weight is 469 g/mol. The summed E-state index contributed by atoms with van der Waals surface area (Å²) in [7, 11) is 0. The Kier molecular flexibility index (Phi) is 6.03. The Morgan fingerprint density at radius 2 is 0.694 bits per heavy atom. The highest BCUT2D eigenvalue weighted by molar-refractivity contribution is 5.96. The number of hydrogen-bond acceptors (Lipinski definition) is 4. The zero-order chi connectivity index (χ0) is 24.2. The van der Waals surface area contributed by atoms with Gasteiger partial charge in [0.25, 0.3) is 0 Å². The predicted molar refractivity (Wildman–Crippen MR) is 147 cm³/mol. The predicted octanol–water partition coefficient (Wildman–Crippen LogP) is 8.75. The molecule has 0 fully saturated rings. The standard InChI is InChI=1S/C32H24N2O2/c1-3-17-27(18-4-1)33(31-23-11-15-25-13-7-9-21-29(25)31)35-36-34(28-19-5-2-6-20-28)32-24-12-16-26-14-8-10-22-30(26)32/h1-24H. The number of hydrogen-bond donors (Lipinski definition) is 0. The molecule has 0 aliphatic heterocycles. The van der Waals surface area contributed by atoms with Crippen LogP contribution in [0.5, 0.6) is 0 Å². The summed E-state index contributed by atoms with van der Waals surface area (Å²) < 4.78 is 0. The molecule has 4 nitrogen and oxygen atoms in total. The van der Waals surface area contributed by atoms with Gasteiger partial charge in [-0.15, -0.1) is 0 Å². The molecule has 0 N–H and O–H groups in total. The summed E-state index contributed by atoms with van der Waals surface area (Å²) in [6, 6.07) is 48.7. The van der Waals surface area contributed by atoms with Crippen molar-refractivity contribution < 1.29 is 9.98 Å². The number of nitrogens with zero attached hydrogens (tertiary/aromatic N) is 2. The normalized spacial score (nSPS) is 11.0. The fourth-order valence-electron chi connectivity index (χ4n) is 4.41. The zero-order valence-corrected chi connectivity index (χ0v) is 19.6. The maximum Gasteiger partial charge on any atom is 0.0805 e. The Bertz CT molecular complexity index is 1470. The molecule has 0 atom stereocenters. The van der Waals surface area contributed by atoms with Crippen molar-refractivity contribution in [3.05, 3.63) is 146 Å². The van der Waals surface area contributed by atoms with Gasteiger partial charge >= 0.3 is 0 Å². The molecule has 0 amide bonds. The SMILES string of the molecule is c1ccc(N(OON(c2ccccc2)c2cccc3ccccc23)c2cccc3ccccc23)cc1. The molecule has 0 saturated carbocycles. The summed E-state index contributed by atoms with van der Waals surface area (Å²) in [5.74, 6) is 0. The molecule has 6 aromatic rings. The zero-order valence-electron chi connectivity index (χ0n) is 19.6. The van der Waals surface area contributed by atoms with Crippen molar-refractivity contribution in [3.8, 4) is 0 Å². The first-order valence-electron chi connectivity index (χ1n) is 11.9. The first-order valence-corrected chi connectivity index (χ1v) is 11.9. The van der Waals surface area contributed by atoms with Crippen molar-refractivity contribution in [2.75, 3.05) is 10.1 Å². The van der Waals surface area contributed by atoms with Crippen molar-refractivity contribution >= 4 is 44.3 Å². The molecule has 6 rings (SSSR count). The van der Waals surface area contributed by atoms with Crippen LogP contribution < -0.4 is 10.1 Å². The van der Waals surface area contributed by atoms with Crippen LogP contribution in [0.3, 0.4) is 0 Å². The topological polar surface area (TPSA) is 24.9 Å². The second-order valence-corrected chi connectivity index (χ2v) is 8.41. The van der Waals surface area contributed by atoms with Gasteiger partial charge in [0, 0.05) is 10.8 Å². The summed E-state index contributed by atoms with van der Waals surface area (Å²) in [6.07, 6.45) is 0. The second kappa shape index (κ2) is 9.92. The highest BCUT2D eigenvalue weighted by Gasteiger charge is 2.20. The largest absolute Gasteiger partial charge is 0.188 e. The fraction of sp³-hybridized carbons (Fsp3) is 0. The third kappa shape index (κ3) is 4.27. The lowest BCUT2D eigenvalue weighted by Gasteiger charge is -2.28. The first-order chi connectivity index (χ1) is 17.9. The van der Waals surface area contributed by atoms with Gasteiger partial charge in [0.1, 0.15) is 0 Å². The molecule has 0 aliphatic carbocycles. The van der Waals surface area contributed by atoms with E-state index in [4.69, 9.17) is 9.98 Å². The van der Waals surface area contributed by atoms with E-state index in [0.29, 0.717) is 0 Å². The first kappa shape index (κ1) is 21.9.